The van der Waals surface area contributed by atoms with E-state index >= 15 is 0 Å². The Kier molecular flexibility index (Phi) is 13.5. The fraction of sp³-hybridized carbons (Fsp3) is 0.633. The average molecular weight is 575 g/mol. The first-order valence-corrected chi connectivity index (χ1v) is 15.7. The molecule has 1 aromatic rings. The molecule has 1 unspecified atom stereocenters. The van der Waals surface area contributed by atoms with Gasteiger partial charge in [0.15, 0.2) is 6.29 Å². The predicted octanol–water partition coefficient (Wildman–Crippen LogP) is 4.05. The van der Waals surface area contributed by atoms with Crippen LogP contribution in [0.1, 0.15) is 71.3 Å². The third-order valence-corrected chi connectivity index (χ3v) is 8.28. The minimum atomic E-state index is -0.754. The number of nitrogens with one attached hydrogen (secondary N) is 2. The molecule has 0 bridgehead atoms. The second-order valence-electron chi connectivity index (χ2n) is 11.1. The first-order chi connectivity index (χ1) is 19.3. The summed E-state index contributed by atoms with van der Waals surface area (Å²) in [6.07, 6.45) is 8.32. The molecule has 222 valence electrons. The second-order valence-corrected chi connectivity index (χ2v) is 12.3. The van der Waals surface area contributed by atoms with Gasteiger partial charge in [0.1, 0.15) is 0 Å². The molecular weight excluding hydrogens is 528 g/mol. The minimum Gasteiger partial charge on any atom is -0.350 e. The maximum atomic E-state index is 13.9. The van der Waals surface area contributed by atoms with Crippen LogP contribution in [-0.4, -0.2) is 59.2 Å². The summed E-state index contributed by atoms with van der Waals surface area (Å²) >= 11 is 1.84. The fourth-order valence-electron chi connectivity index (χ4n) is 5.03. The summed E-state index contributed by atoms with van der Waals surface area (Å²) in [6, 6.07) is 8.92. The van der Waals surface area contributed by atoms with Gasteiger partial charge < -0.3 is 10.5 Å². The number of hydrogen-bond acceptors (Lipinski definition) is 7. The van der Waals surface area contributed by atoms with Crippen LogP contribution in [0.2, 0.25) is 0 Å². The van der Waals surface area contributed by atoms with Gasteiger partial charge in [-0.15, -0.1) is 0 Å². The van der Waals surface area contributed by atoms with Crippen LogP contribution in [0.25, 0.3) is 6.08 Å². The highest BCUT2D eigenvalue weighted by Gasteiger charge is 2.37. The van der Waals surface area contributed by atoms with Gasteiger partial charge in [0, 0.05) is 13.0 Å². The van der Waals surface area contributed by atoms with E-state index in [1.54, 1.807) is 6.92 Å². The van der Waals surface area contributed by atoms with Gasteiger partial charge in [-0.05, 0) is 68.4 Å². The van der Waals surface area contributed by atoms with Gasteiger partial charge >= 0.3 is 0 Å². The van der Waals surface area contributed by atoms with Crippen molar-refractivity contribution in [3.05, 3.63) is 42.0 Å². The molecule has 40 heavy (non-hydrogen) atoms. The Hall–Kier alpha value is -2.40. The second kappa shape index (κ2) is 16.8. The number of thioether (sulfide) groups is 1. The monoisotopic (exact) mass is 574 g/mol. The number of carbonyl (C=O) groups excluding carboxylic acids is 3. The van der Waals surface area contributed by atoms with E-state index in [2.05, 4.69) is 10.9 Å². The lowest BCUT2D eigenvalue weighted by atomic mass is 9.82. The van der Waals surface area contributed by atoms with Crippen LogP contribution < -0.4 is 16.6 Å². The summed E-state index contributed by atoms with van der Waals surface area (Å²) in [4.78, 5) is 46.2. The quantitative estimate of drug-likeness (QED) is 0.322. The van der Waals surface area contributed by atoms with Crippen LogP contribution in [0.3, 0.4) is 0 Å². The molecule has 9 nitrogen and oxygen atoms in total. The largest absolute Gasteiger partial charge is 0.350 e. The third-order valence-electron chi connectivity index (χ3n) is 7.23. The van der Waals surface area contributed by atoms with Gasteiger partial charge in [-0.2, -0.15) is 11.8 Å². The molecule has 0 spiro atoms. The normalized spacial score (nSPS) is 20.6. The third kappa shape index (κ3) is 10.2. The molecule has 2 fully saturated rings. The zero-order valence-corrected chi connectivity index (χ0v) is 24.9. The van der Waals surface area contributed by atoms with E-state index in [0.717, 1.165) is 42.8 Å². The lowest BCUT2D eigenvalue weighted by Crippen LogP contribution is -2.59. The Morgan fingerprint density at radius 3 is 2.42 bits per heavy atom. The van der Waals surface area contributed by atoms with Gasteiger partial charge in [0.2, 0.25) is 11.8 Å². The Morgan fingerprint density at radius 1 is 1.07 bits per heavy atom. The van der Waals surface area contributed by atoms with Crippen molar-refractivity contribution < 1.29 is 24.0 Å². The standard InChI is InChI=1S/C30H46N4O5S/c1-21(2)20-26(28(35)32-34(30(37)22(3)31)24-15-18-40-19-16-24)25(13-9-12-23-10-5-4-6-11-23)29(36)33-39-27-14-7-8-17-38-27/h4-6,9-12,21-22,24-27H,7-8,13-20,31H2,1-3H3,(H,32,35)(H,33,36)/t22-,25-,26+,27?/m1/s1. The smallest absolute Gasteiger partial charge is 0.257 e. The molecule has 10 heteroatoms. The van der Waals surface area contributed by atoms with E-state index in [1.807, 2.05) is 68.1 Å². The first-order valence-electron chi connectivity index (χ1n) is 14.5. The molecule has 1 aromatic carbocycles. The van der Waals surface area contributed by atoms with Crippen molar-refractivity contribution >= 4 is 35.6 Å². The molecular formula is C30H46N4O5S. The summed E-state index contributed by atoms with van der Waals surface area (Å²) in [6.45, 7) is 6.25. The Labute approximate surface area is 242 Å². The van der Waals surface area contributed by atoms with E-state index in [4.69, 9.17) is 15.3 Å². The number of carbonyl (C=O) groups is 3. The zero-order valence-electron chi connectivity index (χ0n) is 24.1. The highest BCUT2D eigenvalue weighted by atomic mass is 32.2. The minimum absolute atomic E-state index is 0.125. The Morgan fingerprint density at radius 2 is 1.80 bits per heavy atom. The number of amides is 3. The fourth-order valence-corrected chi connectivity index (χ4v) is 6.11. The molecule has 2 saturated heterocycles. The SMILES string of the molecule is CC(C)C[C@H](C(=O)NN(C(=O)[C@@H](C)N)C1CCSCC1)[C@@H](CC=Cc1ccccc1)C(=O)NOC1CCCCO1. The van der Waals surface area contributed by atoms with Crippen molar-refractivity contribution in [3.63, 3.8) is 0 Å². The molecule has 0 aromatic heterocycles. The molecule has 3 amide bonds. The van der Waals surface area contributed by atoms with Gasteiger partial charge in [-0.3, -0.25) is 19.8 Å². The molecule has 0 saturated carbocycles. The maximum Gasteiger partial charge on any atom is 0.257 e. The average Bonchev–Trinajstić information content (AvgIpc) is 2.96. The molecule has 2 aliphatic rings. The number of hydrazine groups is 1. The first kappa shape index (κ1) is 32.1. The number of nitrogens with zero attached hydrogens (tertiary/aromatic N) is 1. The molecule has 0 aliphatic carbocycles. The van der Waals surface area contributed by atoms with Crippen LogP contribution in [-0.2, 0) is 24.0 Å². The summed E-state index contributed by atoms with van der Waals surface area (Å²) in [5.41, 5.74) is 12.5. The number of ether oxygens (including phenoxy) is 1. The van der Waals surface area contributed by atoms with E-state index in [0.29, 0.717) is 25.9 Å². The highest BCUT2D eigenvalue weighted by molar-refractivity contribution is 7.99. The molecule has 4 atom stereocenters. The number of hydrogen-bond donors (Lipinski definition) is 3. The number of allylic oxidation sites excluding steroid dienone is 1. The predicted molar refractivity (Wildman–Crippen MR) is 158 cm³/mol. The van der Waals surface area contributed by atoms with Crippen LogP contribution in [0.15, 0.2) is 36.4 Å². The van der Waals surface area contributed by atoms with Crippen LogP contribution >= 0.6 is 11.8 Å². The van der Waals surface area contributed by atoms with Crippen LogP contribution in [0.5, 0.6) is 0 Å². The molecule has 3 rings (SSSR count). The summed E-state index contributed by atoms with van der Waals surface area (Å²) < 4.78 is 5.60. The molecule has 0 radical (unpaired) electrons. The van der Waals surface area contributed by atoms with Crippen molar-refractivity contribution in [2.24, 2.45) is 23.5 Å². The number of rotatable bonds is 12. The lowest BCUT2D eigenvalue weighted by molar-refractivity contribution is -0.203. The van der Waals surface area contributed by atoms with Crippen LogP contribution in [0.4, 0.5) is 0 Å². The van der Waals surface area contributed by atoms with E-state index in [-0.39, 0.29) is 29.7 Å². The number of nitrogens with two attached hydrogens (primary N) is 1. The van der Waals surface area contributed by atoms with Crippen molar-refractivity contribution in [1.29, 1.82) is 0 Å². The zero-order chi connectivity index (χ0) is 28.9. The van der Waals surface area contributed by atoms with Gasteiger partial charge in [0.25, 0.3) is 5.91 Å². The van der Waals surface area contributed by atoms with Crippen LogP contribution in [0, 0.1) is 17.8 Å². The van der Waals surface area contributed by atoms with E-state index < -0.39 is 24.2 Å². The number of hydroxylamine groups is 1. The Bertz CT molecular complexity index is 962. The molecule has 4 N–H and O–H groups in total. The topological polar surface area (TPSA) is 123 Å². The lowest BCUT2D eigenvalue weighted by Gasteiger charge is -2.37. The van der Waals surface area contributed by atoms with Crippen molar-refractivity contribution in [2.75, 3.05) is 18.1 Å². The van der Waals surface area contributed by atoms with E-state index in [1.165, 1.54) is 5.01 Å². The molecule has 2 heterocycles. The van der Waals surface area contributed by atoms with Crippen molar-refractivity contribution in [2.45, 2.75) is 84.1 Å². The summed E-state index contributed by atoms with van der Waals surface area (Å²) in [5.74, 6) is -0.525. The van der Waals surface area contributed by atoms with Gasteiger partial charge in [0.05, 0.1) is 23.9 Å². The Balaban J connectivity index is 1.83. The van der Waals surface area contributed by atoms with Gasteiger partial charge in [-0.1, -0.05) is 56.3 Å². The van der Waals surface area contributed by atoms with Gasteiger partial charge in [-0.25, -0.2) is 15.3 Å². The van der Waals surface area contributed by atoms with Crippen molar-refractivity contribution in [3.8, 4) is 0 Å². The van der Waals surface area contributed by atoms with E-state index in [9.17, 15) is 14.4 Å². The number of benzene rings is 1. The maximum absolute atomic E-state index is 13.9. The molecule has 2 aliphatic heterocycles. The van der Waals surface area contributed by atoms with Crippen molar-refractivity contribution in [1.82, 2.24) is 15.9 Å². The summed E-state index contributed by atoms with van der Waals surface area (Å²) in [5, 5.41) is 1.43. The highest BCUT2D eigenvalue weighted by Crippen LogP contribution is 2.27. The summed E-state index contributed by atoms with van der Waals surface area (Å²) in [7, 11) is 0.